The number of pyridine rings is 1. The first-order valence-electron chi connectivity index (χ1n) is 13.5. The Morgan fingerprint density at radius 3 is 2.49 bits per heavy atom. The van der Waals surface area contributed by atoms with Crippen molar-refractivity contribution in [1.29, 1.82) is 5.26 Å². The molecule has 0 atom stereocenters. The SMILES string of the molecule is COc1cc2c(Nc3ccc(Sc4nccn4C)cc3)c(C#N)cnc2cc1N1CCC(N2CCCC2)CC1. The van der Waals surface area contributed by atoms with E-state index in [4.69, 9.17) is 4.74 Å². The van der Waals surface area contributed by atoms with E-state index >= 15 is 0 Å². The highest BCUT2D eigenvalue weighted by Crippen LogP contribution is 2.39. The molecule has 2 aliphatic heterocycles. The topological polar surface area (TPSA) is 82.2 Å². The van der Waals surface area contributed by atoms with E-state index < -0.39 is 0 Å². The summed E-state index contributed by atoms with van der Waals surface area (Å²) in [6.07, 6.45) is 10.4. The van der Waals surface area contributed by atoms with Gasteiger partial charge >= 0.3 is 0 Å². The number of nitrogens with zero attached hydrogens (tertiary/aromatic N) is 6. The number of anilines is 3. The summed E-state index contributed by atoms with van der Waals surface area (Å²) in [5.74, 6) is 0.809. The molecular weight excluding hydrogens is 506 g/mol. The van der Waals surface area contributed by atoms with Crippen LogP contribution >= 0.6 is 11.8 Å². The first-order valence-corrected chi connectivity index (χ1v) is 14.4. The van der Waals surface area contributed by atoms with Crippen LogP contribution in [0, 0.1) is 11.3 Å². The van der Waals surface area contributed by atoms with Crippen molar-refractivity contribution in [2.45, 2.75) is 41.8 Å². The van der Waals surface area contributed by atoms with Crippen molar-refractivity contribution in [1.82, 2.24) is 19.4 Å². The van der Waals surface area contributed by atoms with Gasteiger partial charge in [0.05, 0.1) is 29.6 Å². The van der Waals surface area contributed by atoms with Crippen molar-refractivity contribution >= 4 is 39.7 Å². The van der Waals surface area contributed by atoms with Crippen molar-refractivity contribution in [3.63, 3.8) is 0 Å². The van der Waals surface area contributed by atoms with Gasteiger partial charge < -0.3 is 24.4 Å². The predicted octanol–water partition coefficient (Wildman–Crippen LogP) is 5.81. The Labute approximate surface area is 233 Å². The summed E-state index contributed by atoms with van der Waals surface area (Å²) in [5.41, 5.74) is 4.05. The Kier molecular flexibility index (Phi) is 7.31. The minimum Gasteiger partial charge on any atom is -0.495 e. The van der Waals surface area contributed by atoms with Crippen LogP contribution in [-0.4, -0.2) is 58.8 Å². The fourth-order valence-electron chi connectivity index (χ4n) is 5.72. The smallest absolute Gasteiger partial charge is 0.172 e. The monoisotopic (exact) mass is 539 g/mol. The highest BCUT2D eigenvalue weighted by Gasteiger charge is 2.28. The lowest BCUT2D eigenvalue weighted by molar-refractivity contribution is 0.207. The Balaban J connectivity index is 1.25. The number of hydrogen-bond donors (Lipinski definition) is 1. The molecule has 2 aliphatic rings. The minimum atomic E-state index is 0.496. The molecule has 6 rings (SSSR count). The molecule has 0 spiro atoms. The summed E-state index contributed by atoms with van der Waals surface area (Å²) in [4.78, 5) is 15.2. The van der Waals surface area contributed by atoms with Crippen LogP contribution in [0.2, 0.25) is 0 Å². The summed E-state index contributed by atoms with van der Waals surface area (Å²) in [6.45, 7) is 4.51. The Morgan fingerprint density at radius 1 is 1.05 bits per heavy atom. The third-order valence-corrected chi connectivity index (χ3v) is 8.94. The van der Waals surface area contributed by atoms with Gasteiger partial charge in [-0.3, -0.25) is 4.98 Å². The minimum absolute atomic E-state index is 0.496. The van der Waals surface area contributed by atoms with Gasteiger partial charge in [0.2, 0.25) is 0 Å². The van der Waals surface area contributed by atoms with Gasteiger partial charge in [0, 0.05) is 60.7 Å². The molecule has 0 saturated carbocycles. The average Bonchev–Trinajstić information content (AvgIpc) is 3.66. The third kappa shape index (κ3) is 5.27. The number of nitriles is 1. The van der Waals surface area contributed by atoms with Crippen LogP contribution in [0.4, 0.5) is 17.1 Å². The number of nitrogens with one attached hydrogen (secondary N) is 1. The van der Waals surface area contributed by atoms with E-state index in [1.807, 2.05) is 36.0 Å². The van der Waals surface area contributed by atoms with Crippen LogP contribution in [0.5, 0.6) is 5.75 Å². The number of methoxy groups -OCH3 is 1. The number of ether oxygens (including phenoxy) is 1. The molecule has 0 aliphatic carbocycles. The number of benzene rings is 2. The quantitative estimate of drug-likeness (QED) is 0.315. The molecule has 4 heterocycles. The largest absolute Gasteiger partial charge is 0.495 e. The summed E-state index contributed by atoms with van der Waals surface area (Å²) in [7, 11) is 3.70. The molecule has 0 amide bonds. The highest BCUT2D eigenvalue weighted by molar-refractivity contribution is 7.99. The molecule has 200 valence electrons. The zero-order valence-electron chi connectivity index (χ0n) is 22.4. The first-order chi connectivity index (χ1) is 19.1. The molecule has 4 aromatic rings. The number of aromatic nitrogens is 3. The molecule has 8 nitrogen and oxygen atoms in total. The van der Waals surface area contributed by atoms with Crippen LogP contribution in [0.3, 0.4) is 0 Å². The Morgan fingerprint density at radius 2 is 1.82 bits per heavy atom. The lowest BCUT2D eigenvalue weighted by Crippen LogP contribution is -2.44. The normalized spacial score (nSPS) is 16.5. The van der Waals surface area contributed by atoms with Crippen LogP contribution in [0.1, 0.15) is 31.2 Å². The van der Waals surface area contributed by atoms with Gasteiger partial charge in [-0.25, -0.2) is 4.98 Å². The van der Waals surface area contributed by atoms with Gasteiger partial charge in [0.1, 0.15) is 11.8 Å². The van der Waals surface area contributed by atoms with Gasteiger partial charge in [0.25, 0.3) is 0 Å². The number of aryl methyl sites for hydroxylation is 1. The van der Waals surface area contributed by atoms with Gasteiger partial charge in [0.15, 0.2) is 5.16 Å². The number of piperidine rings is 1. The molecule has 2 aromatic carbocycles. The molecule has 2 saturated heterocycles. The standard InChI is InChI=1S/C30H33N7OS/c1-35-16-11-32-30(35)39-24-7-5-22(6-8-24)34-29-21(19-31)20-33-26-18-27(28(38-2)17-25(26)29)37-14-9-23(10-15-37)36-12-3-4-13-36/h5-8,11,16-18,20,23H,3-4,9-10,12-15H2,1-2H3,(H,33,34). The van der Waals surface area contributed by atoms with E-state index in [2.05, 4.69) is 49.4 Å². The Bertz CT molecular complexity index is 1500. The van der Waals surface area contributed by atoms with Crippen LogP contribution in [0.15, 0.2) is 65.0 Å². The van der Waals surface area contributed by atoms with Crippen molar-refractivity contribution in [2.75, 3.05) is 43.5 Å². The van der Waals surface area contributed by atoms with E-state index in [0.29, 0.717) is 11.6 Å². The second-order valence-electron chi connectivity index (χ2n) is 10.2. The summed E-state index contributed by atoms with van der Waals surface area (Å²) in [5, 5.41) is 15.2. The molecule has 1 N–H and O–H groups in total. The van der Waals surface area contributed by atoms with E-state index in [9.17, 15) is 5.26 Å². The van der Waals surface area contributed by atoms with Gasteiger partial charge in [-0.15, -0.1) is 0 Å². The van der Waals surface area contributed by atoms with Crippen LogP contribution in [0.25, 0.3) is 10.9 Å². The predicted molar refractivity (Wildman–Crippen MR) is 156 cm³/mol. The molecule has 9 heteroatoms. The molecule has 2 aromatic heterocycles. The molecule has 0 radical (unpaired) electrons. The number of rotatable bonds is 7. The van der Waals surface area contributed by atoms with Gasteiger partial charge in [-0.05, 0) is 75.2 Å². The molecule has 0 unspecified atom stereocenters. The molecule has 0 bridgehead atoms. The second kappa shape index (κ2) is 11.2. The number of likely N-dealkylation sites (tertiary alicyclic amines) is 1. The zero-order valence-corrected chi connectivity index (χ0v) is 23.2. The summed E-state index contributed by atoms with van der Waals surface area (Å²) >= 11 is 1.61. The maximum absolute atomic E-state index is 9.88. The highest BCUT2D eigenvalue weighted by atomic mass is 32.2. The van der Waals surface area contributed by atoms with Crippen molar-refractivity contribution in [3.05, 3.63) is 60.6 Å². The van der Waals surface area contributed by atoms with Crippen LogP contribution < -0.4 is 15.0 Å². The van der Waals surface area contributed by atoms with E-state index in [-0.39, 0.29) is 0 Å². The lowest BCUT2D eigenvalue weighted by atomic mass is 10.0. The van der Waals surface area contributed by atoms with Crippen molar-refractivity contribution in [3.8, 4) is 11.8 Å². The van der Waals surface area contributed by atoms with Crippen molar-refractivity contribution in [2.24, 2.45) is 7.05 Å². The van der Waals surface area contributed by atoms with Gasteiger partial charge in [-0.2, -0.15) is 5.26 Å². The Hall–Kier alpha value is -3.74. The molecular formula is C30H33N7OS. The first kappa shape index (κ1) is 25.5. The van der Waals surface area contributed by atoms with E-state index in [1.54, 1.807) is 31.3 Å². The molecule has 2 fully saturated rings. The number of imidazole rings is 1. The average molecular weight is 540 g/mol. The molecule has 39 heavy (non-hydrogen) atoms. The van der Waals surface area contributed by atoms with Crippen molar-refractivity contribution < 1.29 is 4.74 Å². The maximum Gasteiger partial charge on any atom is 0.172 e. The summed E-state index contributed by atoms with van der Waals surface area (Å²) in [6, 6.07) is 15.3. The van der Waals surface area contributed by atoms with E-state index in [0.717, 1.165) is 56.9 Å². The fraction of sp³-hybridized carbons (Fsp3) is 0.367. The van der Waals surface area contributed by atoms with Crippen LogP contribution in [-0.2, 0) is 7.05 Å². The number of fused-ring (bicyclic) bond motifs is 1. The van der Waals surface area contributed by atoms with E-state index in [1.165, 1.54) is 38.8 Å². The number of hydrogen-bond acceptors (Lipinski definition) is 8. The lowest BCUT2D eigenvalue weighted by Gasteiger charge is -2.38. The second-order valence-corrected chi connectivity index (χ2v) is 11.3. The maximum atomic E-state index is 9.88. The van der Waals surface area contributed by atoms with Gasteiger partial charge in [-0.1, -0.05) is 11.8 Å². The zero-order chi connectivity index (χ0) is 26.8. The summed E-state index contributed by atoms with van der Waals surface area (Å²) < 4.78 is 7.88. The fourth-order valence-corrected chi connectivity index (χ4v) is 6.52. The third-order valence-electron chi connectivity index (χ3n) is 7.86.